The fraction of sp³-hybridized carbons (Fsp3) is 0.381. The van der Waals surface area contributed by atoms with Gasteiger partial charge in [0.1, 0.15) is 22.6 Å². The van der Waals surface area contributed by atoms with E-state index in [4.69, 9.17) is 10.5 Å². The maximum atomic E-state index is 14.4. The fourth-order valence-electron chi connectivity index (χ4n) is 3.77. The summed E-state index contributed by atoms with van der Waals surface area (Å²) in [6.07, 6.45) is 4.66. The maximum absolute atomic E-state index is 14.4. The average Bonchev–Trinajstić information content (AvgIpc) is 3.15. The summed E-state index contributed by atoms with van der Waals surface area (Å²) < 4.78 is 35.0. The summed E-state index contributed by atoms with van der Waals surface area (Å²) in [6, 6.07) is 5.22. The van der Waals surface area contributed by atoms with Crippen molar-refractivity contribution in [2.24, 2.45) is 5.73 Å². The molecule has 0 aliphatic carbocycles. The van der Waals surface area contributed by atoms with Crippen molar-refractivity contribution in [2.45, 2.75) is 49.5 Å². The minimum Gasteiger partial charge on any atom is -0.386 e. The number of hydrogen-bond donors (Lipinski definition) is 2. The van der Waals surface area contributed by atoms with Gasteiger partial charge in [-0.05, 0) is 43.9 Å². The van der Waals surface area contributed by atoms with E-state index in [1.165, 1.54) is 30.0 Å². The van der Waals surface area contributed by atoms with Crippen LogP contribution in [0, 0.1) is 11.6 Å². The molecule has 1 aromatic carbocycles. The van der Waals surface area contributed by atoms with Crippen LogP contribution in [0.4, 0.5) is 14.5 Å². The summed E-state index contributed by atoms with van der Waals surface area (Å²) in [5.74, 6) is -1.19. The van der Waals surface area contributed by atoms with Crippen LogP contribution < -0.4 is 10.6 Å². The molecule has 2 aromatic rings. The number of aromatic nitrogens is 1. The Kier molecular flexibility index (Phi) is 5.37. The minimum atomic E-state index is -1.13. The second-order valence-corrected chi connectivity index (χ2v) is 8.58. The molecule has 1 aromatic heterocycles. The van der Waals surface area contributed by atoms with Crippen molar-refractivity contribution < 1.29 is 18.6 Å². The fourth-order valence-corrected chi connectivity index (χ4v) is 4.80. The van der Waals surface area contributed by atoms with E-state index in [0.717, 1.165) is 5.56 Å². The molecule has 2 aliphatic rings. The van der Waals surface area contributed by atoms with Gasteiger partial charge in [0.2, 0.25) is 0 Å². The molecule has 0 radical (unpaired) electrons. The summed E-state index contributed by atoms with van der Waals surface area (Å²) in [7, 11) is 0. The normalized spacial score (nSPS) is 32.0. The van der Waals surface area contributed by atoms with Crippen molar-refractivity contribution in [1.29, 1.82) is 0 Å². The summed E-state index contributed by atoms with van der Waals surface area (Å²) in [6.45, 7) is 3.46. The molecule has 2 aliphatic heterocycles. The number of nitrogens with two attached hydrogens (primary N) is 1. The molecule has 4 rings (SSSR count). The first-order valence-corrected chi connectivity index (χ1v) is 10.4. The minimum absolute atomic E-state index is 0.00475. The van der Waals surface area contributed by atoms with Gasteiger partial charge in [-0.15, -0.1) is 11.8 Å². The van der Waals surface area contributed by atoms with Crippen molar-refractivity contribution in [3.05, 3.63) is 71.0 Å². The quantitative estimate of drug-likeness (QED) is 0.783. The molecule has 154 valence electrons. The highest BCUT2D eigenvalue weighted by molar-refractivity contribution is 8.02. The molecule has 1 saturated heterocycles. The Bertz CT molecular complexity index is 906. The van der Waals surface area contributed by atoms with E-state index in [1.54, 1.807) is 42.7 Å². The average molecular weight is 419 g/mol. The van der Waals surface area contributed by atoms with Gasteiger partial charge in [0, 0.05) is 24.0 Å². The van der Waals surface area contributed by atoms with Crippen molar-refractivity contribution in [1.82, 2.24) is 4.98 Å². The molecule has 0 amide bonds. The zero-order valence-electron chi connectivity index (χ0n) is 16.1. The zero-order chi connectivity index (χ0) is 20.8. The second-order valence-electron chi connectivity index (χ2n) is 7.59. The van der Waals surface area contributed by atoms with Crippen molar-refractivity contribution in [3.8, 4) is 0 Å². The number of rotatable bonds is 3. The van der Waals surface area contributed by atoms with Gasteiger partial charge >= 0.3 is 0 Å². The van der Waals surface area contributed by atoms with Gasteiger partial charge in [-0.3, -0.25) is 4.98 Å². The van der Waals surface area contributed by atoms with Gasteiger partial charge < -0.3 is 20.5 Å². The molecule has 0 bridgehead atoms. The van der Waals surface area contributed by atoms with Gasteiger partial charge in [-0.25, -0.2) is 8.78 Å². The number of ether oxygens (including phenoxy) is 1. The van der Waals surface area contributed by atoms with E-state index in [-0.39, 0.29) is 11.7 Å². The molecule has 0 spiro atoms. The Hall–Kier alpha value is -2.00. The number of anilines is 1. The SMILES string of the molecule is C[C@H]1O[C@@H](c2ccncc2N2C=CSC2c2c(F)cccc2F)C[C@@H](N)[C@]1(C)O. The van der Waals surface area contributed by atoms with Crippen LogP contribution >= 0.6 is 11.8 Å². The summed E-state index contributed by atoms with van der Waals surface area (Å²) in [4.78, 5) is 6.01. The molecule has 1 unspecified atom stereocenters. The smallest absolute Gasteiger partial charge is 0.132 e. The topological polar surface area (TPSA) is 71.6 Å². The highest BCUT2D eigenvalue weighted by Crippen LogP contribution is 2.47. The van der Waals surface area contributed by atoms with Crippen molar-refractivity contribution in [2.75, 3.05) is 4.90 Å². The van der Waals surface area contributed by atoms with Crippen LogP contribution in [0.2, 0.25) is 0 Å². The Morgan fingerprint density at radius 2 is 2.03 bits per heavy atom. The van der Waals surface area contributed by atoms with Crippen LogP contribution in [-0.4, -0.2) is 27.8 Å². The first-order chi connectivity index (χ1) is 13.8. The Labute approximate surface area is 172 Å². The van der Waals surface area contributed by atoms with E-state index >= 15 is 0 Å². The standard InChI is InChI=1S/C21H23F2N3O2S/c1-12-21(2,27)18(24)10-17(28-12)13-6-7-25-11-16(13)26-8-9-29-20(26)19-14(22)4-3-5-15(19)23/h3-9,11-12,17-18,20,27H,10,24H2,1-2H3/t12-,17-,18-,20?,21-/m1/s1. The lowest BCUT2D eigenvalue weighted by atomic mass is 9.83. The summed E-state index contributed by atoms with van der Waals surface area (Å²) >= 11 is 1.32. The van der Waals surface area contributed by atoms with Crippen LogP contribution in [0.25, 0.3) is 0 Å². The third kappa shape index (κ3) is 3.54. The van der Waals surface area contributed by atoms with E-state index in [2.05, 4.69) is 4.98 Å². The van der Waals surface area contributed by atoms with Gasteiger partial charge in [0.15, 0.2) is 0 Å². The maximum Gasteiger partial charge on any atom is 0.132 e. The van der Waals surface area contributed by atoms with Gasteiger partial charge in [-0.2, -0.15) is 0 Å². The largest absolute Gasteiger partial charge is 0.386 e. The third-order valence-corrected chi connectivity index (χ3v) is 6.80. The highest BCUT2D eigenvalue weighted by Gasteiger charge is 2.44. The third-order valence-electron chi connectivity index (χ3n) is 5.80. The molecular formula is C21H23F2N3O2S. The van der Waals surface area contributed by atoms with E-state index in [1.807, 2.05) is 6.07 Å². The molecule has 0 saturated carbocycles. The van der Waals surface area contributed by atoms with Crippen molar-refractivity contribution >= 4 is 17.4 Å². The number of hydrogen-bond acceptors (Lipinski definition) is 6. The molecule has 5 atom stereocenters. The van der Waals surface area contributed by atoms with Crippen molar-refractivity contribution in [3.63, 3.8) is 0 Å². The zero-order valence-corrected chi connectivity index (χ0v) is 16.9. The molecule has 8 heteroatoms. The molecule has 5 nitrogen and oxygen atoms in total. The Morgan fingerprint density at radius 3 is 2.72 bits per heavy atom. The molecule has 29 heavy (non-hydrogen) atoms. The first-order valence-electron chi connectivity index (χ1n) is 9.42. The number of benzene rings is 1. The number of pyridine rings is 1. The van der Waals surface area contributed by atoms with E-state index in [0.29, 0.717) is 12.1 Å². The van der Waals surface area contributed by atoms with E-state index < -0.39 is 34.8 Å². The van der Waals surface area contributed by atoms with Crippen LogP contribution in [0.1, 0.15) is 42.9 Å². The Morgan fingerprint density at radius 1 is 1.31 bits per heavy atom. The lowest BCUT2D eigenvalue weighted by molar-refractivity contribution is -0.171. The Balaban J connectivity index is 1.71. The summed E-state index contributed by atoms with van der Waals surface area (Å²) in [5, 5.41) is 11.7. The van der Waals surface area contributed by atoms with Crippen LogP contribution in [0.15, 0.2) is 48.3 Å². The first kappa shape index (κ1) is 20.3. The van der Waals surface area contributed by atoms with Gasteiger partial charge in [-0.1, -0.05) is 6.07 Å². The predicted octanol–water partition coefficient (Wildman–Crippen LogP) is 4.01. The number of halogens is 2. The molecule has 1 fully saturated rings. The summed E-state index contributed by atoms with van der Waals surface area (Å²) in [5.41, 5.74) is 6.58. The van der Waals surface area contributed by atoms with E-state index in [9.17, 15) is 13.9 Å². The predicted molar refractivity (Wildman–Crippen MR) is 109 cm³/mol. The lowest BCUT2D eigenvalue weighted by Crippen LogP contribution is -2.58. The number of nitrogens with zero attached hydrogens (tertiary/aromatic N) is 2. The number of aliphatic hydroxyl groups is 1. The molecule has 3 N–H and O–H groups in total. The van der Waals surface area contributed by atoms with Gasteiger partial charge in [0.05, 0.1) is 29.7 Å². The molecular weight excluding hydrogens is 396 g/mol. The highest BCUT2D eigenvalue weighted by atomic mass is 32.2. The van der Waals surface area contributed by atoms with Crippen LogP contribution in [0.5, 0.6) is 0 Å². The number of thioether (sulfide) groups is 1. The van der Waals surface area contributed by atoms with Crippen LogP contribution in [-0.2, 0) is 4.74 Å². The molecule has 3 heterocycles. The second kappa shape index (κ2) is 7.68. The van der Waals surface area contributed by atoms with Crippen LogP contribution in [0.3, 0.4) is 0 Å². The lowest BCUT2D eigenvalue weighted by Gasteiger charge is -2.44. The van der Waals surface area contributed by atoms with Gasteiger partial charge in [0.25, 0.3) is 0 Å². The monoisotopic (exact) mass is 419 g/mol.